The van der Waals surface area contributed by atoms with Gasteiger partial charge in [-0.1, -0.05) is 0 Å². The van der Waals surface area contributed by atoms with E-state index in [0.29, 0.717) is 19.3 Å². The molecule has 1 aromatic carbocycles. The van der Waals surface area contributed by atoms with Gasteiger partial charge in [0.1, 0.15) is 5.71 Å². The van der Waals surface area contributed by atoms with E-state index in [1.165, 1.54) is 6.20 Å². The van der Waals surface area contributed by atoms with Crippen LogP contribution < -0.4 is 10.7 Å². The van der Waals surface area contributed by atoms with Crippen LogP contribution in [0.2, 0.25) is 0 Å². The van der Waals surface area contributed by atoms with Crippen LogP contribution in [0.4, 0.5) is 13.6 Å². The zero-order valence-corrected chi connectivity index (χ0v) is 20.2. The molecule has 2 heterocycles. The number of benzene rings is 1. The molecule has 0 radical (unpaired) electrons. The summed E-state index contributed by atoms with van der Waals surface area (Å²) in [5.74, 6) is -2.48. The fraction of sp³-hybridized carbons (Fsp3) is 0.391. The number of hydrogen-bond donors (Lipinski definition) is 2. The van der Waals surface area contributed by atoms with Gasteiger partial charge in [-0.05, 0) is 79.2 Å². The topological polar surface area (TPSA) is 129 Å². The number of carbonyl (C=O) groups excluding carboxylic acids is 2. The first kappa shape index (κ1) is 24.7. The Labute approximate surface area is 208 Å². The van der Waals surface area contributed by atoms with Crippen LogP contribution >= 0.6 is 15.9 Å². The van der Waals surface area contributed by atoms with Gasteiger partial charge in [-0.25, -0.2) is 19.0 Å². The van der Waals surface area contributed by atoms with Crippen molar-refractivity contribution in [1.82, 2.24) is 20.9 Å². The van der Waals surface area contributed by atoms with E-state index in [4.69, 9.17) is 4.74 Å². The number of ether oxygens (including phenoxy) is 1. The molecule has 2 amide bonds. The SMILES string of the molecule is C[C@@H](CC1(C#N)CCC2(CC1)OC(=O)NN=C2c1cc(F)c(F)cc1Br)NC(=O)c1cccnn1. The second kappa shape index (κ2) is 9.65. The van der Waals surface area contributed by atoms with Gasteiger partial charge < -0.3 is 10.1 Å². The van der Waals surface area contributed by atoms with E-state index in [1.807, 2.05) is 0 Å². The van der Waals surface area contributed by atoms with Gasteiger partial charge in [-0.3, -0.25) is 4.79 Å². The minimum Gasteiger partial charge on any atom is -0.435 e. The van der Waals surface area contributed by atoms with Crippen molar-refractivity contribution in [1.29, 1.82) is 5.26 Å². The first-order valence-electron chi connectivity index (χ1n) is 10.9. The predicted octanol–water partition coefficient (Wildman–Crippen LogP) is 3.99. The Kier molecular flexibility index (Phi) is 6.80. The second-order valence-electron chi connectivity index (χ2n) is 8.78. The molecular weight excluding hydrogens is 526 g/mol. The Hall–Kier alpha value is -3.46. The molecule has 1 aromatic heterocycles. The maximum Gasteiger partial charge on any atom is 0.428 e. The molecular formula is C23H21BrF2N6O3. The number of rotatable bonds is 5. The summed E-state index contributed by atoms with van der Waals surface area (Å²) in [6.45, 7) is 1.80. The summed E-state index contributed by atoms with van der Waals surface area (Å²) in [5, 5.41) is 24.5. The van der Waals surface area contributed by atoms with Gasteiger partial charge in [-0.2, -0.15) is 15.5 Å². The molecule has 0 saturated heterocycles. The van der Waals surface area contributed by atoms with Crippen LogP contribution in [0.25, 0.3) is 0 Å². The van der Waals surface area contributed by atoms with Gasteiger partial charge in [0.05, 0.1) is 11.5 Å². The lowest BCUT2D eigenvalue weighted by molar-refractivity contribution is 0.00352. The summed E-state index contributed by atoms with van der Waals surface area (Å²) in [6.07, 6.45) is 2.21. The summed E-state index contributed by atoms with van der Waals surface area (Å²) in [7, 11) is 0. The monoisotopic (exact) mass is 546 g/mol. The molecule has 4 rings (SSSR count). The summed E-state index contributed by atoms with van der Waals surface area (Å²) in [5.41, 5.74) is 0.900. The number of carbonyl (C=O) groups is 2. The summed E-state index contributed by atoms with van der Waals surface area (Å²) in [4.78, 5) is 24.5. The molecule has 0 unspecified atom stereocenters. The average molecular weight is 547 g/mol. The number of nitrogens with one attached hydrogen (secondary N) is 2. The standard InChI is InChI=1S/C23H21BrF2N6O3/c1-13(29-20(33)18-3-2-8-28-30-18)11-22(12-27)4-6-23(7-5-22)19(31-32-21(34)35-23)14-9-16(25)17(26)10-15(14)24/h2-3,8-10,13H,4-7,11H2,1H3,(H,29,33)(H,32,34)/t13-,22?,23?/m0/s1. The lowest BCUT2D eigenvalue weighted by Crippen LogP contribution is -2.54. The quantitative estimate of drug-likeness (QED) is 0.545. The van der Waals surface area contributed by atoms with Crippen molar-refractivity contribution < 1.29 is 23.1 Å². The van der Waals surface area contributed by atoms with Crippen molar-refractivity contribution >= 4 is 33.6 Å². The number of nitrogens with zero attached hydrogens (tertiary/aromatic N) is 4. The highest BCUT2D eigenvalue weighted by Gasteiger charge is 2.51. The van der Waals surface area contributed by atoms with E-state index in [-0.39, 0.29) is 40.3 Å². The molecule has 12 heteroatoms. The molecule has 1 atom stereocenters. The highest BCUT2D eigenvalue weighted by atomic mass is 79.9. The van der Waals surface area contributed by atoms with E-state index in [2.05, 4.69) is 48.0 Å². The average Bonchev–Trinajstić information content (AvgIpc) is 2.84. The lowest BCUT2D eigenvalue weighted by atomic mass is 9.65. The molecule has 2 aliphatic rings. The van der Waals surface area contributed by atoms with Gasteiger partial charge in [0.15, 0.2) is 22.9 Å². The molecule has 1 fully saturated rings. The molecule has 35 heavy (non-hydrogen) atoms. The normalized spacial score (nSPS) is 24.5. The number of hydrogen-bond acceptors (Lipinski definition) is 7. The molecule has 2 N–H and O–H groups in total. The third-order valence-corrected chi connectivity index (χ3v) is 7.03. The van der Waals surface area contributed by atoms with E-state index < -0.39 is 34.7 Å². The van der Waals surface area contributed by atoms with Crippen molar-refractivity contribution in [2.75, 3.05) is 0 Å². The minimum atomic E-state index is -1.21. The summed E-state index contributed by atoms with van der Waals surface area (Å²) in [6, 6.07) is 7.17. The number of aromatic nitrogens is 2. The fourth-order valence-electron chi connectivity index (χ4n) is 4.65. The third kappa shape index (κ3) is 5.00. The van der Waals surface area contributed by atoms with Crippen molar-refractivity contribution in [3.05, 3.63) is 57.8 Å². The first-order valence-corrected chi connectivity index (χ1v) is 11.7. The Morgan fingerprint density at radius 1 is 1.31 bits per heavy atom. The Bertz CT molecular complexity index is 1230. The van der Waals surface area contributed by atoms with Crippen molar-refractivity contribution in [2.45, 2.75) is 50.7 Å². The predicted molar refractivity (Wildman–Crippen MR) is 123 cm³/mol. The highest BCUT2D eigenvalue weighted by molar-refractivity contribution is 9.10. The van der Waals surface area contributed by atoms with Gasteiger partial charge in [0.2, 0.25) is 0 Å². The van der Waals surface area contributed by atoms with E-state index in [0.717, 1.165) is 12.1 Å². The second-order valence-corrected chi connectivity index (χ2v) is 9.64. The zero-order valence-electron chi connectivity index (χ0n) is 18.6. The number of amides is 2. The van der Waals surface area contributed by atoms with Gasteiger partial charge in [-0.15, -0.1) is 5.10 Å². The number of hydrazone groups is 1. The lowest BCUT2D eigenvalue weighted by Gasteiger charge is -2.45. The molecule has 1 aliphatic heterocycles. The molecule has 182 valence electrons. The van der Waals surface area contributed by atoms with Crippen LogP contribution in [0.3, 0.4) is 0 Å². The fourth-order valence-corrected chi connectivity index (χ4v) is 5.16. The Morgan fingerprint density at radius 2 is 2.03 bits per heavy atom. The zero-order chi connectivity index (χ0) is 25.2. The van der Waals surface area contributed by atoms with Gasteiger partial charge in [0, 0.05) is 22.3 Å². The van der Waals surface area contributed by atoms with Crippen molar-refractivity contribution in [3.63, 3.8) is 0 Å². The van der Waals surface area contributed by atoms with Crippen LogP contribution in [0.1, 0.15) is 55.1 Å². The molecule has 0 bridgehead atoms. The Balaban J connectivity index is 1.52. The molecule has 1 aliphatic carbocycles. The largest absolute Gasteiger partial charge is 0.435 e. The summed E-state index contributed by atoms with van der Waals surface area (Å²) < 4.78 is 33.6. The van der Waals surface area contributed by atoms with E-state index >= 15 is 0 Å². The van der Waals surface area contributed by atoms with Crippen LogP contribution in [0.5, 0.6) is 0 Å². The molecule has 2 aromatic rings. The van der Waals surface area contributed by atoms with Crippen molar-refractivity contribution in [2.24, 2.45) is 10.5 Å². The molecule has 1 saturated carbocycles. The van der Waals surface area contributed by atoms with Crippen LogP contribution in [0, 0.1) is 28.4 Å². The van der Waals surface area contributed by atoms with Crippen molar-refractivity contribution in [3.8, 4) is 6.07 Å². The van der Waals surface area contributed by atoms with E-state index in [9.17, 15) is 23.6 Å². The van der Waals surface area contributed by atoms with Crippen LogP contribution in [0.15, 0.2) is 40.0 Å². The number of nitriles is 1. The van der Waals surface area contributed by atoms with E-state index in [1.54, 1.807) is 19.1 Å². The molecule has 9 nitrogen and oxygen atoms in total. The van der Waals surface area contributed by atoms with Crippen LogP contribution in [-0.2, 0) is 4.74 Å². The van der Waals surface area contributed by atoms with Gasteiger partial charge in [0.25, 0.3) is 5.91 Å². The van der Waals surface area contributed by atoms with Gasteiger partial charge >= 0.3 is 6.09 Å². The maximum atomic E-state index is 14.0. The number of halogens is 3. The third-order valence-electron chi connectivity index (χ3n) is 6.38. The minimum absolute atomic E-state index is 0.174. The maximum absolute atomic E-state index is 14.0. The smallest absolute Gasteiger partial charge is 0.428 e. The van der Waals surface area contributed by atoms with Crippen LogP contribution in [-0.4, -0.2) is 39.6 Å². The Morgan fingerprint density at radius 3 is 2.69 bits per heavy atom. The highest BCUT2D eigenvalue weighted by Crippen LogP contribution is 2.47. The first-order chi connectivity index (χ1) is 16.7. The molecule has 1 spiro atoms. The summed E-state index contributed by atoms with van der Waals surface area (Å²) >= 11 is 3.23.